The zero-order chi connectivity index (χ0) is 4.12. The third-order valence-corrected chi connectivity index (χ3v) is 0.612. The van der Waals surface area contributed by atoms with E-state index in [1.54, 1.807) is 0 Å². The van der Waals surface area contributed by atoms with E-state index in [4.69, 9.17) is 12.8 Å². The van der Waals surface area contributed by atoms with Gasteiger partial charge in [0.15, 0.2) is 9.52 Å². The molecule has 0 heterocycles. The van der Waals surface area contributed by atoms with Gasteiger partial charge in [-0.3, -0.25) is 0 Å². The average Bonchev–Trinajstić information content (AvgIpc) is 1.41. The molecule has 2 heteroatoms. The standard InChI is InChI=1S/C4H4Si.Li.H/c1-3-5-4-2;;/h1-2H,5H2;;/q;+1;-1. The maximum absolute atomic E-state index is 4.81. The van der Waals surface area contributed by atoms with E-state index in [1.165, 1.54) is 0 Å². The van der Waals surface area contributed by atoms with Crippen LogP contribution in [0.2, 0.25) is 0 Å². The summed E-state index contributed by atoms with van der Waals surface area (Å²) in [7, 11) is -0.512. The van der Waals surface area contributed by atoms with Crippen LogP contribution in [-0.4, -0.2) is 9.52 Å². The summed E-state index contributed by atoms with van der Waals surface area (Å²) in [6, 6.07) is 0. The first-order valence-corrected chi connectivity index (χ1v) is 2.70. The summed E-state index contributed by atoms with van der Waals surface area (Å²) in [5, 5.41) is 0. The Hall–Kier alpha value is -0.0657. The molecule has 0 bridgehead atoms. The quantitative estimate of drug-likeness (QED) is 0.212. The summed E-state index contributed by atoms with van der Waals surface area (Å²) in [5.41, 5.74) is 4.84. The van der Waals surface area contributed by atoms with Gasteiger partial charge < -0.3 is 1.43 Å². The summed E-state index contributed by atoms with van der Waals surface area (Å²) in [6.45, 7) is 0. The Morgan fingerprint density at radius 2 is 1.67 bits per heavy atom. The Morgan fingerprint density at radius 1 is 1.33 bits per heavy atom. The molecule has 6 heavy (non-hydrogen) atoms. The number of hydrogen-bond acceptors (Lipinski definition) is 0. The van der Waals surface area contributed by atoms with Crippen LogP contribution < -0.4 is 18.9 Å². The minimum atomic E-state index is -0.512. The van der Waals surface area contributed by atoms with E-state index in [-0.39, 0.29) is 20.3 Å². The molecular weight excluding hydrogens is 83.1 g/mol. The van der Waals surface area contributed by atoms with Crippen molar-refractivity contribution >= 4 is 9.52 Å². The second kappa shape index (κ2) is 8.87. The normalized spacial score (nSPS) is 3.67. The molecule has 0 nitrogen and oxygen atoms in total. The molecule has 0 radical (unpaired) electrons. The van der Waals surface area contributed by atoms with Crippen molar-refractivity contribution in [1.82, 2.24) is 0 Å². The molecule has 0 aliphatic heterocycles. The predicted molar refractivity (Wildman–Crippen MR) is 27.3 cm³/mol. The van der Waals surface area contributed by atoms with Crippen LogP contribution >= 0.6 is 0 Å². The first-order valence-electron chi connectivity index (χ1n) is 1.28. The maximum atomic E-state index is 4.81. The van der Waals surface area contributed by atoms with Crippen molar-refractivity contribution in [3.05, 3.63) is 0 Å². The van der Waals surface area contributed by atoms with E-state index < -0.39 is 9.52 Å². The number of rotatable bonds is 0. The maximum Gasteiger partial charge on any atom is 1.00 e. The fraction of sp³-hybridized carbons (Fsp3) is 0. The van der Waals surface area contributed by atoms with Crippen LogP contribution in [0.1, 0.15) is 1.43 Å². The third-order valence-electron chi connectivity index (χ3n) is 0.204. The molecule has 0 saturated carbocycles. The predicted octanol–water partition coefficient (Wildman–Crippen LogP) is -3.55. The van der Waals surface area contributed by atoms with Gasteiger partial charge in [-0.25, -0.2) is 0 Å². The SMILES string of the molecule is C#C[SiH2]C#C.[H-].[Li+]. The molecule has 26 valence electrons. The van der Waals surface area contributed by atoms with Crippen LogP contribution in [0.3, 0.4) is 0 Å². The van der Waals surface area contributed by atoms with Crippen LogP contribution in [0.25, 0.3) is 0 Å². The van der Waals surface area contributed by atoms with Crippen LogP contribution in [-0.2, 0) is 0 Å². The monoisotopic (exact) mass is 88.0 g/mol. The smallest absolute Gasteiger partial charge is 1.00 e. The van der Waals surface area contributed by atoms with E-state index >= 15 is 0 Å². The molecule has 0 aliphatic carbocycles. The van der Waals surface area contributed by atoms with Gasteiger partial charge in [0.05, 0.1) is 0 Å². The zero-order valence-electron chi connectivity index (χ0n) is 4.86. The molecule has 0 N–H and O–H groups in total. The minimum absolute atomic E-state index is 0. The van der Waals surface area contributed by atoms with Gasteiger partial charge >= 0.3 is 18.9 Å². The van der Waals surface area contributed by atoms with Crippen LogP contribution in [0.4, 0.5) is 0 Å². The van der Waals surface area contributed by atoms with Gasteiger partial charge in [0.2, 0.25) is 0 Å². The Balaban J connectivity index is -0.0000000800. The van der Waals surface area contributed by atoms with E-state index in [1.807, 2.05) is 0 Å². The van der Waals surface area contributed by atoms with Gasteiger partial charge in [0.1, 0.15) is 0 Å². The number of terminal acetylenes is 2. The fourth-order valence-electron chi connectivity index (χ4n) is 0.0589. The summed E-state index contributed by atoms with van der Waals surface area (Å²) in [5.74, 6) is 0. The Morgan fingerprint density at radius 3 is 1.67 bits per heavy atom. The van der Waals surface area contributed by atoms with Crippen molar-refractivity contribution in [2.45, 2.75) is 0 Å². The molecule has 0 unspecified atom stereocenters. The van der Waals surface area contributed by atoms with Crippen molar-refractivity contribution in [2.24, 2.45) is 0 Å². The first kappa shape index (κ1) is 9.33. The van der Waals surface area contributed by atoms with E-state index in [9.17, 15) is 0 Å². The van der Waals surface area contributed by atoms with Gasteiger partial charge in [-0.15, -0.1) is 23.9 Å². The fourth-order valence-corrected chi connectivity index (χ4v) is 0.177. The molecule has 0 aromatic carbocycles. The third kappa shape index (κ3) is 9.05. The van der Waals surface area contributed by atoms with Crippen molar-refractivity contribution in [3.63, 3.8) is 0 Å². The van der Waals surface area contributed by atoms with Crippen molar-refractivity contribution in [3.8, 4) is 23.9 Å². The van der Waals surface area contributed by atoms with Gasteiger partial charge in [-0.05, 0) is 0 Å². The molecule has 0 aromatic heterocycles. The molecule has 0 rings (SSSR count). The van der Waals surface area contributed by atoms with Gasteiger partial charge in [0.25, 0.3) is 0 Å². The minimum Gasteiger partial charge on any atom is -1.00 e. The number of hydrogen-bond donors (Lipinski definition) is 0. The molecule has 0 fully saturated rings. The molecule has 0 amide bonds. The molecule has 0 aromatic rings. The molecule has 0 saturated heterocycles. The van der Waals surface area contributed by atoms with Crippen molar-refractivity contribution in [2.75, 3.05) is 0 Å². The summed E-state index contributed by atoms with van der Waals surface area (Å²) < 4.78 is 0. The second-order valence-corrected chi connectivity index (χ2v) is 1.76. The van der Waals surface area contributed by atoms with Crippen molar-refractivity contribution < 1.29 is 20.3 Å². The Kier molecular flexibility index (Phi) is 13.8. The first-order chi connectivity index (χ1) is 2.41. The van der Waals surface area contributed by atoms with E-state index in [0.29, 0.717) is 0 Å². The second-order valence-electron chi connectivity index (χ2n) is 0.585. The zero-order valence-corrected chi connectivity index (χ0v) is 5.28. The largest absolute Gasteiger partial charge is 1.00 e. The summed E-state index contributed by atoms with van der Waals surface area (Å²) in [6.07, 6.45) is 9.62. The van der Waals surface area contributed by atoms with Crippen LogP contribution in [0.5, 0.6) is 0 Å². The topological polar surface area (TPSA) is 0 Å². The average molecular weight is 88.1 g/mol. The van der Waals surface area contributed by atoms with Crippen molar-refractivity contribution in [1.29, 1.82) is 0 Å². The molecule has 0 spiro atoms. The Bertz CT molecular complexity index is 76.8. The Labute approximate surface area is 54.2 Å². The van der Waals surface area contributed by atoms with Crippen LogP contribution in [0, 0.1) is 23.9 Å². The van der Waals surface area contributed by atoms with Gasteiger partial charge in [-0.2, -0.15) is 0 Å². The summed E-state index contributed by atoms with van der Waals surface area (Å²) in [4.78, 5) is 0. The molecule has 0 atom stereocenters. The van der Waals surface area contributed by atoms with Crippen LogP contribution in [0.15, 0.2) is 0 Å². The van der Waals surface area contributed by atoms with Gasteiger partial charge in [-0.1, -0.05) is 0 Å². The molecule has 0 aliphatic rings. The summed E-state index contributed by atoms with van der Waals surface area (Å²) >= 11 is 0. The molecular formula is C4H5LiSi. The van der Waals surface area contributed by atoms with E-state index in [0.717, 1.165) is 0 Å². The van der Waals surface area contributed by atoms with Gasteiger partial charge in [0, 0.05) is 0 Å². The van der Waals surface area contributed by atoms with E-state index in [2.05, 4.69) is 11.1 Å².